The minimum Gasteiger partial charge on any atom is -0.459 e. The molecule has 1 N–H and O–H groups in total. The van der Waals surface area contributed by atoms with E-state index in [4.69, 9.17) is 14.2 Å². The summed E-state index contributed by atoms with van der Waals surface area (Å²) in [5, 5.41) is 9.85. The summed E-state index contributed by atoms with van der Waals surface area (Å²) in [6.07, 6.45) is 2.74. The first-order chi connectivity index (χ1) is 12.2. The highest BCUT2D eigenvalue weighted by atomic mass is 16.6. The average molecular weight is 366 g/mol. The molecule has 1 aliphatic heterocycles. The summed E-state index contributed by atoms with van der Waals surface area (Å²) in [5.41, 5.74) is 0. The van der Waals surface area contributed by atoms with E-state index in [-0.39, 0.29) is 6.42 Å². The molecule has 142 valence electrons. The summed E-state index contributed by atoms with van der Waals surface area (Å²) in [6, 6.07) is 0. The smallest absolute Gasteiger partial charge is 0.331 e. The fourth-order valence-electron chi connectivity index (χ4n) is 1.86. The monoisotopic (exact) mass is 366 g/mol. The fraction of sp³-hybridized carbons (Fsp3) is 0.444. The van der Waals surface area contributed by atoms with Gasteiger partial charge in [-0.15, -0.1) is 0 Å². The maximum absolute atomic E-state index is 11.8. The molecule has 8 nitrogen and oxygen atoms in total. The van der Waals surface area contributed by atoms with Crippen molar-refractivity contribution in [2.24, 2.45) is 0 Å². The van der Waals surface area contributed by atoms with Crippen LogP contribution in [0, 0.1) is 0 Å². The number of allylic oxidation sites excluding steroid dienone is 2. The Morgan fingerprint density at radius 2 is 1.50 bits per heavy atom. The van der Waals surface area contributed by atoms with Gasteiger partial charge < -0.3 is 19.3 Å². The molecule has 0 saturated carbocycles. The molecule has 8 heteroatoms. The first-order valence-corrected chi connectivity index (χ1v) is 8.04. The van der Waals surface area contributed by atoms with E-state index in [2.05, 4.69) is 0 Å². The number of ether oxygens (including phenoxy) is 3. The number of hydrogen-bond acceptors (Lipinski definition) is 8. The van der Waals surface area contributed by atoms with Crippen molar-refractivity contribution in [2.45, 2.75) is 51.6 Å². The van der Waals surface area contributed by atoms with Gasteiger partial charge in [0.2, 0.25) is 0 Å². The number of rotatable bonds is 0. The molecular weight excluding hydrogens is 344 g/mol. The Kier molecular flexibility index (Phi) is 8.44. The summed E-state index contributed by atoms with van der Waals surface area (Å²) < 4.78 is 14.9. The maximum atomic E-state index is 11.8. The van der Waals surface area contributed by atoms with Crippen molar-refractivity contribution in [3.05, 3.63) is 36.5 Å². The van der Waals surface area contributed by atoms with E-state index in [9.17, 15) is 24.3 Å². The largest absolute Gasteiger partial charge is 0.459 e. The van der Waals surface area contributed by atoms with Crippen molar-refractivity contribution in [3.63, 3.8) is 0 Å². The van der Waals surface area contributed by atoms with Crippen molar-refractivity contribution in [1.29, 1.82) is 0 Å². The molecule has 0 saturated heterocycles. The molecule has 4 atom stereocenters. The third-order valence-electron chi connectivity index (χ3n) is 3.30. The molecular formula is C18H22O8. The third-order valence-corrected chi connectivity index (χ3v) is 3.30. The highest BCUT2D eigenvalue weighted by Gasteiger charge is 2.20. The quantitative estimate of drug-likeness (QED) is 0.494. The van der Waals surface area contributed by atoms with Crippen molar-refractivity contribution in [3.8, 4) is 0 Å². The van der Waals surface area contributed by atoms with Gasteiger partial charge in [0.05, 0.1) is 6.42 Å². The van der Waals surface area contributed by atoms with Crippen LogP contribution in [-0.2, 0) is 33.4 Å². The number of carbonyl (C=O) groups excluding carboxylic acids is 4. The van der Waals surface area contributed by atoms with E-state index in [1.165, 1.54) is 32.9 Å². The third kappa shape index (κ3) is 7.89. The van der Waals surface area contributed by atoms with Gasteiger partial charge in [-0.3, -0.25) is 9.59 Å². The van der Waals surface area contributed by atoms with E-state index in [0.717, 1.165) is 24.3 Å². The van der Waals surface area contributed by atoms with Gasteiger partial charge in [-0.25, -0.2) is 9.59 Å². The minimum atomic E-state index is -1.22. The lowest BCUT2D eigenvalue weighted by Gasteiger charge is -2.16. The van der Waals surface area contributed by atoms with Crippen molar-refractivity contribution in [1.82, 2.24) is 0 Å². The average Bonchev–Trinajstić information content (AvgIpc) is 2.54. The standard InChI is InChI=1S/C18H22O8/c1-11-10-18(23)26-12(2)14(19)6-4-5-7-16(21)25-13(3)15(20)8-9-17(22)24-11/h4-9,11-13,15,20H,10H2,1-3H3/b6-4+,7-5+,9-8+/t11-,12?,13-,15?/m0/s1. The second kappa shape index (κ2) is 10.3. The molecule has 0 aliphatic carbocycles. The SMILES string of the molecule is CC1OC(=O)C[C@H](C)OC(=O)/C=C/C(O)[C@H](C)OC(=O)/C=C/C=C/C1=O. The molecule has 2 unspecified atom stereocenters. The summed E-state index contributed by atoms with van der Waals surface area (Å²) in [5.74, 6) is -2.69. The Morgan fingerprint density at radius 1 is 0.885 bits per heavy atom. The summed E-state index contributed by atoms with van der Waals surface area (Å²) in [4.78, 5) is 46.9. The van der Waals surface area contributed by atoms with Gasteiger partial charge in [0.1, 0.15) is 18.3 Å². The zero-order valence-electron chi connectivity index (χ0n) is 14.8. The zero-order valence-corrected chi connectivity index (χ0v) is 14.8. The zero-order chi connectivity index (χ0) is 19.7. The minimum absolute atomic E-state index is 0.225. The number of esters is 3. The molecule has 1 aliphatic rings. The molecule has 1 heterocycles. The van der Waals surface area contributed by atoms with Gasteiger partial charge in [0, 0.05) is 12.2 Å². The van der Waals surface area contributed by atoms with E-state index in [0.29, 0.717) is 0 Å². The van der Waals surface area contributed by atoms with Crippen LogP contribution < -0.4 is 0 Å². The van der Waals surface area contributed by atoms with E-state index in [1.807, 2.05) is 0 Å². The molecule has 0 amide bonds. The highest BCUT2D eigenvalue weighted by molar-refractivity contribution is 5.95. The number of cyclic esters (lactones) is 3. The lowest BCUT2D eigenvalue weighted by molar-refractivity contribution is -0.157. The molecule has 0 spiro atoms. The van der Waals surface area contributed by atoms with Crippen molar-refractivity contribution in [2.75, 3.05) is 0 Å². The van der Waals surface area contributed by atoms with Crippen LogP contribution in [0.25, 0.3) is 0 Å². The van der Waals surface area contributed by atoms with E-state index in [1.54, 1.807) is 0 Å². The topological polar surface area (TPSA) is 116 Å². The lowest BCUT2D eigenvalue weighted by Crippen LogP contribution is -2.27. The van der Waals surface area contributed by atoms with Gasteiger partial charge in [-0.1, -0.05) is 12.2 Å². The van der Waals surface area contributed by atoms with Gasteiger partial charge in [-0.2, -0.15) is 0 Å². The van der Waals surface area contributed by atoms with Crippen molar-refractivity contribution < 1.29 is 38.5 Å². The second-order valence-electron chi connectivity index (χ2n) is 5.70. The number of carbonyl (C=O) groups is 4. The van der Waals surface area contributed by atoms with Crippen molar-refractivity contribution >= 4 is 23.7 Å². The van der Waals surface area contributed by atoms with E-state index < -0.39 is 48.1 Å². The molecule has 0 radical (unpaired) electrons. The molecule has 0 fully saturated rings. The predicted octanol–water partition coefficient (Wildman–Crippen LogP) is 0.784. The summed E-state index contributed by atoms with van der Waals surface area (Å²) >= 11 is 0. The first kappa shape index (κ1) is 21.3. The highest BCUT2D eigenvalue weighted by Crippen LogP contribution is 2.06. The van der Waals surface area contributed by atoms with Crippen LogP contribution >= 0.6 is 0 Å². The Labute approximate surface area is 151 Å². The van der Waals surface area contributed by atoms with Crippen LogP contribution in [0.15, 0.2) is 36.5 Å². The summed E-state index contributed by atoms with van der Waals surface area (Å²) in [6.45, 7) is 4.34. The molecule has 0 aromatic heterocycles. The Bertz CT molecular complexity index is 631. The Hall–Kier alpha value is -2.74. The van der Waals surface area contributed by atoms with Gasteiger partial charge >= 0.3 is 17.9 Å². The van der Waals surface area contributed by atoms with E-state index >= 15 is 0 Å². The fourth-order valence-corrected chi connectivity index (χ4v) is 1.86. The summed E-state index contributed by atoms with van der Waals surface area (Å²) in [7, 11) is 0. The number of hydrogen-bond donors (Lipinski definition) is 1. The molecule has 0 aromatic rings. The molecule has 0 aromatic carbocycles. The maximum Gasteiger partial charge on any atom is 0.331 e. The predicted molar refractivity (Wildman–Crippen MR) is 89.7 cm³/mol. The molecule has 26 heavy (non-hydrogen) atoms. The van der Waals surface area contributed by atoms with Crippen LogP contribution in [-0.4, -0.2) is 53.2 Å². The Morgan fingerprint density at radius 3 is 2.19 bits per heavy atom. The van der Waals surface area contributed by atoms with Gasteiger partial charge in [-0.05, 0) is 32.9 Å². The first-order valence-electron chi connectivity index (χ1n) is 8.04. The second-order valence-corrected chi connectivity index (χ2v) is 5.70. The lowest BCUT2D eigenvalue weighted by atomic mass is 10.2. The Balaban J connectivity index is 2.93. The van der Waals surface area contributed by atoms with Crippen LogP contribution in [0.4, 0.5) is 0 Å². The molecule has 0 bridgehead atoms. The van der Waals surface area contributed by atoms with Crippen LogP contribution in [0.2, 0.25) is 0 Å². The number of aliphatic hydroxyl groups is 1. The molecule has 1 rings (SSSR count). The van der Waals surface area contributed by atoms with Gasteiger partial charge in [0.25, 0.3) is 0 Å². The van der Waals surface area contributed by atoms with Crippen LogP contribution in [0.1, 0.15) is 27.2 Å². The number of aliphatic hydroxyl groups excluding tert-OH is 1. The van der Waals surface area contributed by atoms with Crippen LogP contribution in [0.3, 0.4) is 0 Å². The van der Waals surface area contributed by atoms with Crippen LogP contribution in [0.5, 0.6) is 0 Å². The normalized spacial score (nSPS) is 33.1. The van der Waals surface area contributed by atoms with Gasteiger partial charge in [0.15, 0.2) is 11.9 Å². The number of ketones is 1.